The van der Waals surface area contributed by atoms with Crippen molar-refractivity contribution in [2.45, 2.75) is 0 Å². The van der Waals surface area contributed by atoms with Gasteiger partial charge in [0.2, 0.25) is 0 Å². The summed E-state index contributed by atoms with van der Waals surface area (Å²) in [6, 6.07) is 69.9. The van der Waals surface area contributed by atoms with E-state index in [9.17, 15) is 0 Å². The number of aromatic nitrogens is 3. The molecule has 57 heavy (non-hydrogen) atoms. The molecule has 9 aromatic carbocycles. The monoisotopic (exact) mass is 727 g/mol. The Morgan fingerprint density at radius 1 is 0.281 bits per heavy atom. The fourth-order valence-electron chi connectivity index (χ4n) is 8.09. The molecule has 0 aliphatic heterocycles. The molecule has 11 rings (SSSR count). The Balaban J connectivity index is 1.05. The Kier molecular flexibility index (Phi) is 7.78. The highest BCUT2D eigenvalue weighted by atomic mass is 16.3. The van der Waals surface area contributed by atoms with E-state index in [0.29, 0.717) is 17.5 Å². The predicted octanol–water partition coefficient (Wildman–Crippen LogP) is 14.1. The second kappa shape index (κ2) is 13.6. The lowest BCUT2D eigenvalue weighted by molar-refractivity contribution is 0.673. The average molecular weight is 728 g/mol. The number of benzene rings is 9. The molecule has 4 nitrogen and oxygen atoms in total. The normalized spacial score (nSPS) is 11.5. The first kappa shape index (κ1) is 32.7. The van der Waals surface area contributed by atoms with Gasteiger partial charge in [0.05, 0.1) is 0 Å². The first-order valence-electron chi connectivity index (χ1n) is 19.2. The molecule has 0 aliphatic rings. The molecule has 266 valence electrons. The van der Waals surface area contributed by atoms with Gasteiger partial charge < -0.3 is 4.42 Å². The molecule has 2 heterocycles. The summed E-state index contributed by atoms with van der Waals surface area (Å²) in [6.07, 6.45) is 0. The van der Waals surface area contributed by atoms with Crippen LogP contribution in [-0.2, 0) is 0 Å². The Labute approximate surface area is 329 Å². The second-order valence-electron chi connectivity index (χ2n) is 14.4. The van der Waals surface area contributed by atoms with Crippen molar-refractivity contribution in [1.29, 1.82) is 0 Å². The fourth-order valence-corrected chi connectivity index (χ4v) is 8.09. The van der Waals surface area contributed by atoms with Gasteiger partial charge in [0.15, 0.2) is 17.5 Å². The molecule has 11 aromatic rings. The number of hydrogen-bond donors (Lipinski definition) is 0. The Morgan fingerprint density at radius 3 is 1.58 bits per heavy atom. The van der Waals surface area contributed by atoms with E-state index in [1.54, 1.807) is 0 Å². The molecule has 0 radical (unpaired) electrons. The molecule has 4 heteroatoms. The summed E-state index contributed by atoms with van der Waals surface area (Å²) < 4.78 is 6.74. The van der Waals surface area contributed by atoms with E-state index in [-0.39, 0.29) is 0 Å². The molecule has 0 fully saturated rings. The first-order valence-corrected chi connectivity index (χ1v) is 19.2. The van der Waals surface area contributed by atoms with Crippen LogP contribution >= 0.6 is 0 Å². The summed E-state index contributed by atoms with van der Waals surface area (Å²) in [7, 11) is 0. The third-order valence-electron chi connectivity index (χ3n) is 10.9. The number of fused-ring (bicyclic) bond motifs is 6. The van der Waals surface area contributed by atoms with Crippen molar-refractivity contribution in [3.63, 3.8) is 0 Å². The van der Waals surface area contributed by atoms with Gasteiger partial charge in [0.1, 0.15) is 11.2 Å². The van der Waals surface area contributed by atoms with E-state index in [2.05, 4.69) is 164 Å². The van der Waals surface area contributed by atoms with Crippen LogP contribution in [0.15, 0.2) is 205 Å². The zero-order valence-corrected chi connectivity index (χ0v) is 30.8. The Morgan fingerprint density at radius 2 is 0.807 bits per heavy atom. The van der Waals surface area contributed by atoms with Gasteiger partial charge in [-0.2, -0.15) is 0 Å². The topological polar surface area (TPSA) is 51.8 Å². The molecule has 0 unspecified atom stereocenters. The van der Waals surface area contributed by atoms with Crippen LogP contribution in [-0.4, -0.2) is 15.0 Å². The zero-order chi connectivity index (χ0) is 37.7. The molecule has 0 spiro atoms. The maximum Gasteiger partial charge on any atom is 0.164 e. The molecule has 0 bridgehead atoms. The van der Waals surface area contributed by atoms with Crippen molar-refractivity contribution >= 4 is 43.5 Å². The predicted molar refractivity (Wildman–Crippen MR) is 235 cm³/mol. The molecular weight excluding hydrogens is 695 g/mol. The molecule has 0 atom stereocenters. The van der Waals surface area contributed by atoms with Crippen molar-refractivity contribution in [3.05, 3.63) is 200 Å². The lowest BCUT2D eigenvalue weighted by Gasteiger charge is -2.12. The first-order chi connectivity index (χ1) is 28.2. The maximum atomic E-state index is 6.74. The summed E-state index contributed by atoms with van der Waals surface area (Å²) in [5, 5.41) is 6.53. The SMILES string of the molecule is c1ccc(-c2cccc(-c3ccc4c(c3)oc3c5ccccc5c(-c5nc(-c6ccccc6)nc(-c6ccc(-c7cccc8ccccc78)cc6)n5)cc43)c2)cc1. The van der Waals surface area contributed by atoms with Gasteiger partial charge in [-0.3, -0.25) is 0 Å². The van der Waals surface area contributed by atoms with Crippen molar-refractivity contribution in [3.8, 4) is 67.5 Å². The zero-order valence-electron chi connectivity index (χ0n) is 30.8. The van der Waals surface area contributed by atoms with Crippen LogP contribution in [0.2, 0.25) is 0 Å². The molecule has 0 saturated carbocycles. The summed E-state index contributed by atoms with van der Waals surface area (Å²) in [4.78, 5) is 15.4. The Hall–Kier alpha value is -7.69. The van der Waals surface area contributed by atoms with Crippen LogP contribution in [0.1, 0.15) is 0 Å². The lowest BCUT2D eigenvalue weighted by atomic mass is 9.97. The molecular formula is C53H33N3O. The van der Waals surface area contributed by atoms with Gasteiger partial charge in [0, 0.05) is 32.8 Å². The third-order valence-corrected chi connectivity index (χ3v) is 10.9. The molecule has 0 amide bonds. The third kappa shape index (κ3) is 5.83. The standard InChI is InChI=1S/C53H33N3O/c1-3-13-34(14-4-1)39-19-11-20-40(31-39)41-29-30-45-47-33-48(44-22-9-10-23-46(44)50(47)57-49(45)32-41)53-55-51(37-16-5-2-6-17-37)54-52(56-53)38-27-25-36(26-28-38)43-24-12-18-35-15-7-8-21-42(35)43/h1-33H. The molecule has 0 saturated heterocycles. The van der Waals surface area contributed by atoms with E-state index in [1.165, 1.54) is 27.5 Å². The highest BCUT2D eigenvalue weighted by Crippen LogP contribution is 2.41. The van der Waals surface area contributed by atoms with Crippen molar-refractivity contribution in [2.75, 3.05) is 0 Å². The van der Waals surface area contributed by atoms with Gasteiger partial charge in [-0.1, -0.05) is 176 Å². The number of furan rings is 1. The van der Waals surface area contributed by atoms with Gasteiger partial charge in [-0.05, 0) is 73.8 Å². The maximum absolute atomic E-state index is 6.74. The van der Waals surface area contributed by atoms with E-state index in [1.807, 2.05) is 36.4 Å². The van der Waals surface area contributed by atoms with E-state index in [4.69, 9.17) is 19.4 Å². The van der Waals surface area contributed by atoms with Crippen molar-refractivity contribution in [1.82, 2.24) is 15.0 Å². The lowest BCUT2D eigenvalue weighted by Crippen LogP contribution is -2.00. The number of hydrogen-bond acceptors (Lipinski definition) is 4. The van der Waals surface area contributed by atoms with E-state index < -0.39 is 0 Å². The van der Waals surface area contributed by atoms with Crippen LogP contribution in [0.5, 0.6) is 0 Å². The summed E-state index contributed by atoms with van der Waals surface area (Å²) >= 11 is 0. The highest BCUT2D eigenvalue weighted by molar-refractivity contribution is 6.19. The summed E-state index contributed by atoms with van der Waals surface area (Å²) in [5.41, 5.74) is 11.4. The minimum absolute atomic E-state index is 0.610. The minimum Gasteiger partial charge on any atom is -0.455 e. The Bertz CT molecular complexity index is 3270. The van der Waals surface area contributed by atoms with Crippen LogP contribution in [0, 0.1) is 0 Å². The van der Waals surface area contributed by atoms with Crippen LogP contribution < -0.4 is 0 Å². The van der Waals surface area contributed by atoms with Gasteiger partial charge in [0.25, 0.3) is 0 Å². The van der Waals surface area contributed by atoms with Gasteiger partial charge in [-0.25, -0.2) is 15.0 Å². The van der Waals surface area contributed by atoms with Crippen molar-refractivity contribution in [2.24, 2.45) is 0 Å². The van der Waals surface area contributed by atoms with Crippen molar-refractivity contribution < 1.29 is 4.42 Å². The van der Waals surface area contributed by atoms with Gasteiger partial charge >= 0.3 is 0 Å². The smallest absolute Gasteiger partial charge is 0.164 e. The van der Waals surface area contributed by atoms with Crippen LogP contribution in [0.3, 0.4) is 0 Å². The fraction of sp³-hybridized carbons (Fsp3) is 0. The highest BCUT2D eigenvalue weighted by Gasteiger charge is 2.19. The molecule has 2 aromatic heterocycles. The summed E-state index contributed by atoms with van der Waals surface area (Å²) in [6.45, 7) is 0. The molecule has 0 aliphatic carbocycles. The number of rotatable bonds is 6. The molecule has 0 N–H and O–H groups in total. The summed E-state index contributed by atoms with van der Waals surface area (Å²) in [5.74, 6) is 1.85. The van der Waals surface area contributed by atoms with Crippen LogP contribution in [0.25, 0.3) is 111 Å². The number of nitrogens with zero attached hydrogens (tertiary/aromatic N) is 3. The van der Waals surface area contributed by atoms with E-state index >= 15 is 0 Å². The second-order valence-corrected chi connectivity index (χ2v) is 14.4. The van der Waals surface area contributed by atoms with E-state index in [0.717, 1.165) is 66.1 Å². The quantitative estimate of drug-likeness (QED) is 0.171. The van der Waals surface area contributed by atoms with Gasteiger partial charge in [-0.15, -0.1) is 0 Å². The van der Waals surface area contributed by atoms with Crippen LogP contribution in [0.4, 0.5) is 0 Å². The minimum atomic E-state index is 0.610. The average Bonchev–Trinajstić information content (AvgIpc) is 3.67. The largest absolute Gasteiger partial charge is 0.455 e.